The lowest BCUT2D eigenvalue weighted by Crippen LogP contribution is -2.12. The van der Waals surface area contributed by atoms with Crippen molar-refractivity contribution in [2.75, 3.05) is 5.32 Å². The number of fused-ring (bicyclic) bond motifs is 1. The molecule has 25 heavy (non-hydrogen) atoms. The van der Waals surface area contributed by atoms with E-state index in [2.05, 4.69) is 11.4 Å². The van der Waals surface area contributed by atoms with Crippen LogP contribution in [-0.2, 0) is 0 Å². The van der Waals surface area contributed by atoms with Crippen molar-refractivity contribution in [3.63, 3.8) is 0 Å². The largest absolute Gasteiger partial charge is 0.321 e. The molecule has 0 radical (unpaired) electrons. The molecule has 0 fully saturated rings. The van der Waals surface area contributed by atoms with E-state index in [1.54, 1.807) is 11.3 Å². The summed E-state index contributed by atoms with van der Waals surface area (Å²) in [6, 6.07) is 23.4. The summed E-state index contributed by atoms with van der Waals surface area (Å²) in [7, 11) is 0. The molecule has 0 unspecified atom stereocenters. The Balaban J connectivity index is 1.70. The van der Waals surface area contributed by atoms with E-state index < -0.39 is 0 Å². The number of carbonyl (C=O) groups is 1. The van der Waals surface area contributed by atoms with Crippen LogP contribution in [0.15, 0.2) is 72.8 Å². The van der Waals surface area contributed by atoms with Crippen LogP contribution in [0, 0.1) is 6.92 Å². The van der Waals surface area contributed by atoms with Crippen molar-refractivity contribution in [3.05, 3.63) is 83.9 Å². The van der Waals surface area contributed by atoms with Gasteiger partial charge in [0.2, 0.25) is 0 Å². The summed E-state index contributed by atoms with van der Waals surface area (Å²) >= 11 is 1.63. The Hall–Kier alpha value is -2.98. The third-order valence-electron chi connectivity index (χ3n) is 3.98. The Bertz CT molecular complexity index is 1040. The number of nitrogens with one attached hydrogen (secondary N) is 1. The molecule has 1 aromatic heterocycles. The fourth-order valence-electron chi connectivity index (χ4n) is 2.75. The normalized spacial score (nSPS) is 10.8. The molecule has 0 atom stereocenters. The number of thiazole rings is 1. The first-order valence-electron chi connectivity index (χ1n) is 8.04. The van der Waals surface area contributed by atoms with E-state index in [4.69, 9.17) is 4.98 Å². The van der Waals surface area contributed by atoms with Crippen LogP contribution in [0.3, 0.4) is 0 Å². The number of aryl methyl sites for hydroxylation is 1. The van der Waals surface area contributed by atoms with Crippen molar-refractivity contribution < 1.29 is 4.79 Å². The lowest BCUT2D eigenvalue weighted by Gasteiger charge is -2.09. The van der Waals surface area contributed by atoms with Gasteiger partial charge in [-0.15, -0.1) is 11.3 Å². The maximum Gasteiger partial charge on any atom is 0.255 e. The summed E-state index contributed by atoms with van der Waals surface area (Å²) in [5.74, 6) is -0.114. The molecule has 0 saturated heterocycles. The van der Waals surface area contributed by atoms with E-state index in [1.165, 1.54) is 0 Å². The second kappa shape index (κ2) is 6.49. The first-order chi connectivity index (χ1) is 12.2. The SMILES string of the molecule is Cc1cccc(C(=O)Nc2ccccc2-c2nc3ccccc3s2)c1. The number of amides is 1. The topological polar surface area (TPSA) is 42.0 Å². The van der Waals surface area contributed by atoms with E-state index in [9.17, 15) is 4.79 Å². The van der Waals surface area contributed by atoms with Crippen molar-refractivity contribution in [1.29, 1.82) is 0 Å². The van der Waals surface area contributed by atoms with Crippen molar-refractivity contribution in [3.8, 4) is 10.6 Å². The first kappa shape index (κ1) is 15.5. The molecule has 4 aromatic rings. The van der Waals surface area contributed by atoms with Gasteiger partial charge in [-0.1, -0.05) is 42.0 Å². The average Bonchev–Trinajstić information content (AvgIpc) is 3.06. The minimum absolute atomic E-state index is 0.114. The number of benzene rings is 3. The predicted octanol–water partition coefficient (Wildman–Crippen LogP) is 5.52. The van der Waals surface area contributed by atoms with Gasteiger partial charge in [-0.05, 0) is 43.3 Å². The van der Waals surface area contributed by atoms with Crippen LogP contribution in [0.5, 0.6) is 0 Å². The first-order valence-corrected chi connectivity index (χ1v) is 8.85. The Morgan fingerprint density at radius 1 is 0.960 bits per heavy atom. The fourth-order valence-corrected chi connectivity index (χ4v) is 3.75. The van der Waals surface area contributed by atoms with Gasteiger partial charge in [0.05, 0.1) is 15.9 Å². The predicted molar refractivity (Wildman–Crippen MR) is 104 cm³/mol. The third-order valence-corrected chi connectivity index (χ3v) is 5.05. The van der Waals surface area contributed by atoms with Gasteiger partial charge in [0.25, 0.3) is 5.91 Å². The number of hydrogen-bond acceptors (Lipinski definition) is 3. The molecule has 0 bridgehead atoms. The van der Waals surface area contributed by atoms with Crippen LogP contribution in [0.2, 0.25) is 0 Å². The van der Waals surface area contributed by atoms with Crippen molar-refractivity contribution in [1.82, 2.24) is 4.98 Å². The van der Waals surface area contributed by atoms with Crippen LogP contribution >= 0.6 is 11.3 Å². The van der Waals surface area contributed by atoms with Crippen LogP contribution in [0.25, 0.3) is 20.8 Å². The molecule has 0 aliphatic rings. The van der Waals surface area contributed by atoms with Crippen molar-refractivity contribution >= 4 is 33.1 Å². The monoisotopic (exact) mass is 344 g/mol. The minimum Gasteiger partial charge on any atom is -0.321 e. The smallest absolute Gasteiger partial charge is 0.255 e. The summed E-state index contributed by atoms with van der Waals surface area (Å²) in [6.07, 6.45) is 0. The molecule has 1 N–H and O–H groups in total. The Morgan fingerprint density at radius 3 is 2.60 bits per heavy atom. The van der Waals surface area contributed by atoms with E-state index in [1.807, 2.05) is 73.7 Å². The molecule has 0 saturated carbocycles. The number of rotatable bonds is 3. The van der Waals surface area contributed by atoms with E-state index in [-0.39, 0.29) is 5.91 Å². The second-order valence-corrected chi connectivity index (χ2v) is 6.89. The number of nitrogens with zero attached hydrogens (tertiary/aromatic N) is 1. The maximum atomic E-state index is 12.6. The molecule has 1 heterocycles. The third kappa shape index (κ3) is 3.16. The second-order valence-electron chi connectivity index (χ2n) is 5.86. The standard InChI is InChI=1S/C21H16N2OS/c1-14-7-6-8-15(13-14)20(24)22-17-10-3-2-9-16(17)21-23-18-11-4-5-12-19(18)25-21/h2-13H,1H3,(H,22,24). The quantitative estimate of drug-likeness (QED) is 0.531. The summed E-state index contributed by atoms with van der Waals surface area (Å²) < 4.78 is 1.14. The molecule has 4 heteroatoms. The summed E-state index contributed by atoms with van der Waals surface area (Å²) in [5.41, 5.74) is 4.39. The van der Waals surface area contributed by atoms with E-state index in [0.717, 1.165) is 32.0 Å². The number of aromatic nitrogens is 1. The Labute approximate surface area is 150 Å². The number of hydrogen-bond donors (Lipinski definition) is 1. The van der Waals surface area contributed by atoms with Gasteiger partial charge in [-0.2, -0.15) is 0 Å². The van der Waals surface area contributed by atoms with Crippen LogP contribution in [0.4, 0.5) is 5.69 Å². The van der Waals surface area contributed by atoms with Crippen LogP contribution in [-0.4, -0.2) is 10.9 Å². The van der Waals surface area contributed by atoms with Gasteiger partial charge in [-0.3, -0.25) is 4.79 Å². The highest BCUT2D eigenvalue weighted by atomic mass is 32.1. The Kier molecular flexibility index (Phi) is 4.04. The average molecular weight is 344 g/mol. The highest BCUT2D eigenvalue weighted by Crippen LogP contribution is 2.34. The van der Waals surface area contributed by atoms with Gasteiger partial charge in [0.1, 0.15) is 5.01 Å². The molecule has 1 amide bonds. The summed E-state index contributed by atoms with van der Waals surface area (Å²) in [6.45, 7) is 1.98. The zero-order valence-electron chi connectivity index (χ0n) is 13.7. The zero-order valence-corrected chi connectivity index (χ0v) is 14.5. The van der Waals surface area contributed by atoms with Gasteiger partial charge in [0.15, 0.2) is 0 Å². The highest BCUT2D eigenvalue weighted by Gasteiger charge is 2.13. The number of carbonyl (C=O) groups excluding carboxylic acids is 1. The lowest BCUT2D eigenvalue weighted by molar-refractivity contribution is 0.102. The number of anilines is 1. The lowest BCUT2D eigenvalue weighted by atomic mass is 10.1. The molecular formula is C21H16N2OS. The van der Waals surface area contributed by atoms with E-state index in [0.29, 0.717) is 5.56 Å². The molecule has 3 nitrogen and oxygen atoms in total. The Morgan fingerprint density at radius 2 is 1.76 bits per heavy atom. The summed E-state index contributed by atoms with van der Waals surface area (Å²) in [4.78, 5) is 17.3. The molecule has 122 valence electrons. The number of para-hydroxylation sites is 2. The van der Waals surface area contributed by atoms with Gasteiger partial charge in [0, 0.05) is 11.1 Å². The van der Waals surface area contributed by atoms with Crippen LogP contribution < -0.4 is 5.32 Å². The molecule has 3 aromatic carbocycles. The maximum absolute atomic E-state index is 12.6. The molecule has 0 aliphatic carbocycles. The zero-order chi connectivity index (χ0) is 17.2. The fraction of sp³-hybridized carbons (Fsp3) is 0.0476. The van der Waals surface area contributed by atoms with Crippen LogP contribution in [0.1, 0.15) is 15.9 Å². The van der Waals surface area contributed by atoms with E-state index >= 15 is 0 Å². The van der Waals surface area contributed by atoms with Gasteiger partial charge < -0.3 is 5.32 Å². The highest BCUT2D eigenvalue weighted by molar-refractivity contribution is 7.21. The minimum atomic E-state index is -0.114. The molecule has 0 spiro atoms. The molecular weight excluding hydrogens is 328 g/mol. The molecule has 0 aliphatic heterocycles. The van der Waals surface area contributed by atoms with Crippen molar-refractivity contribution in [2.24, 2.45) is 0 Å². The summed E-state index contributed by atoms with van der Waals surface area (Å²) in [5, 5.41) is 3.93. The van der Waals surface area contributed by atoms with Crippen molar-refractivity contribution in [2.45, 2.75) is 6.92 Å². The van der Waals surface area contributed by atoms with Gasteiger partial charge >= 0.3 is 0 Å². The van der Waals surface area contributed by atoms with Gasteiger partial charge in [-0.25, -0.2) is 4.98 Å². The molecule has 4 rings (SSSR count).